The average Bonchev–Trinajstić information content (AvgIpc) is 2.99. The Morgan fingerprint density at radius 1 is 1.17 bits per heavy atom. The SMILES string of the molecule is CC(C)c1nc(NCCCO)c2nnn(Cc3ccccc3)c2n1. The lowest BCUT2D eigenvalue weighted by Gasteiger charge is -2.10. The van der Waals surface area contributed by atoms with Crippen LogP contribution in [0.5, 0.6) is 0 Å². The molecule has 126 valence electrons. The van der Waals surface area contributed by atoms with Crippen LogP contribution in [0, 0.1) is 0 Å². The zero-order valence-electron chi connectivity index (χ0n) is 14.0. The van der Waals surface area contributed by atoms with E-state index in [2.05, 4.69) is 51.6 Å². The summed E-state index contributed by atoms with van der Waals surface area (Å²) in [5, 5.41) is 20.7. The van der Waals surface area contributed by atoms with E-state index < -0.39 is 0 Å². The number of hydrogen-bond acceptors (Lipinski definition) is 6. The second kappa shape index (κ2) is 7.35. The fourth-order valence-electron chi connectivity index (χ4n) is 2.40. The van der Waals surface area contributed by atoms with Crippen molar-refractivity contribution < 1.29 is 5.11 Å². The van der Waals surface area contributed by atoms with E-state index in [-0.39, 0.29) is 12.5 Å². The van der Waals surface area contributed by atoms with Gasteiger partial charge in [0.1, 0.15) is 5.82 Å². The highest BCUT2D eigenvalue weighted by Gasteiger charge is 2.16. The van der Waals surface area contributed by atoms with Crippen LogP contribution in [0.3, 0.4) is 0 Å². The van der Waals surface area contributed by atoms with Crippen LogP contribution in [0.1, 0.15) is 37.6 Å². The number of aromatic nitrogens is 5. The Morgan fingerprint density at radius 3 is 2.67 bits per heavy atom. The number of rotatable bonds is 7. The van der Waals surface area contributed by atoms with E-state index in [4.69, 9.17) is 5.11 Å². The minimum atomic E-state index is 0.138. The summed E-state index contributed by atoms with van der Waals surface area (Å²) < 4.78 is 1.80. The van der Waals surface area contributed by atoms with Crippen LogP contribution in [0.4, 0.5) is 5.82 Å². The molecule has 0 unspecified atom stereocenters. The van der Waals surface area contributed by atoms with E-state index in [0.29, 0.717) is 30.8 Å². The quantitative estimate of drug-likeness (QED) is 0.647. The molecule has 0 saturated heterocycles. The van der Waals surface area contributed by atoms with Crippen molar-refractivity contribution in [1.29, 1.82) is 0 Å². The third-order valence-corrected chi connectivity index (χ3v) is 3.70. The minimum absolute atomic E-state index is 0.138. The Labute approximate surface area is 140 Å². The maximum Gasteiger partial charge on any atom is 0.184 e. The molecule has 2 N–H and O–H groups in total. The standard InChI is InChI=1S/C17H22N6O/c1-12(2)15-19-16(18-9-6-10-24)14-17(20-15)23(22-21-14)11-13-7-4-3-5-8-13/h3-5,7-8,12,24H,6,9-11H2,1-2H3,(H,18,19,20). The Bertz CT molecular complexity index is 799. The molecule has 0 spiro atoms. The zero-order valence-corrected chi connectivity index (χ0v) is 14.0. The summed E-state index contributed by atoms with van der Waals surface area (Å²) in [6.07, 6.45) is 0.653. The molecule has 0 radical (unpaired) electrons. The predicted octanol–water partition coefficient (Wildman–Crippen LogP) is 2.19. The van der Waals surface area contributed by atoms with Gasteiger partial charge in [0.15, 0.2) is 17.0 Å². The van der Waals surface area contributed by atoms with Crippen molar-refractivity contribution >= 4 is 17.0 Å². The fraction of sp³-hybridized carbons (Fsp3) is 0.412. The Hall–Kier alpha value is -2.54. The van der Waals surface area contributed by atoms with Crippen molar-refractivity contribution in [2.45, 2.75) is 32.7 Å². The average molecular weight is 326 g/mol. The molecule has 0 atom stereocenters. The van der Waals surface area contributed by atoms with E-state index in [1.807, 2.05) is 18.2 Å². The van der Waals surface area contributed by atoms with Crippen molar-refractivity contribution in [3.05, 3.63) is 41.7 Å². The lowest BCUT2D eigenvalue weighted by molar-refractivity contribution is 0.292. The Kier molecular flexibility index (Phi) is 5.00. The van der Waals surface area contributed by atoms with Gasteiger partial charge in [0.05, 0.1) is 6.54 Å². The van der Waals surface area contributed by atoms with Gasteiger partial charge in [-0.15, -0.1) is 5.10 Å². The van der Waals surface area contributed by atoms with Crippen molar-refractivity contribution in [3.8, 4) is 0 Å². The van der Waals surface area contributed by atoms with E-state index in [1.165, 1.54) is 0 Å². The fourth-order valence-corrected chi connectivity index (χ4v) is 2.40. The number of aliphatic hydroxyl groups excluding tert-OH is 1. The molecule has 0 saturated carbocycles. The summed E-state index contributed by atoms with van der Waals surface area (Å²) in [7, 11) is 0. The van der Waals surface area contributed by atoms with Crippen molar-refractivity contribution in [1.82, 2.24) is 25.0 Å². The summed E-state index contributed by atoms with van der Waals surface area (Å²) in [5.74, 6) is 1.63. The lowest BCUT2D eigenvalue weighted by Crippen LogP contribution is -2.10. The topological polar surface area (TPSA) is 88.8 Å². The molecule has 0 bridgehead atoms. The maximum absolute atomic E-state index is 8.96. The molecular weight excluding hydrogens is 304 g/mol. The molecule has 2 aromatic heterocycles. The van der Waals surface area contributed by atoms with E-state index in [9.17, 15) is 0 Å². The Morgan fingerprint density at radius 2 is 1.96 bits per heavy atom. The van der Waals surface area contributed by atoms with Gasteiger partial charge in [-0.2, -0.15) is 0 Å². The van der Waals surface area contributed by atoms with Gasteiger partial charge < -0.3 is 10.4 Å². The summed E-state index contributed by atoms with van der Waals surface area (Å²) in [6.45, 7) is 5.50. The lowest BCUT2D eigenvalue weighted by atomic mass is 10.2. The van der Waals surface area contributed by atoms with Crippen molar-refractivity contribution in [3.63, 3.8) is 0 Å². The molecule has 0 aliphatic heterocycles. The number of benzene rings is 1. The molecule has 0 amide bonds. The predicted molar refractivity (Wildman–Crippen MR) is 92.9 cm³/mol. The number of nitrogens with zero attached hydrogens (tertiary/aromatic N) is 5. The summed E-state index contributed by atoms with van der Waals surface area (Å²) in [6, 6.07) is 10.1. The van der Waals surface area contributed by atoms with Gasteiger partial charge in [0.25, 0.3) is 0 Å². The maximum atomic E-state index is 8.96. The molecule has 0 fully saturated rings. The number of aliphatic hydroxyl groups is 1. The zero-order chi connectivity index (χ0) is 16.9. The molecule has 2 heterocycles. The number of nitrogens with one attached hydrogen (secondary N) is 1. The molecule has 3 rings (SSSR count). The summed E-state index contributed by atoms with van der Waals surface area (Å²) in [4.78, 5) is 9.23. The van der Waals surface area contributed by atoms with Crippen LogP contribution in [-0.2, 0) is 6.54 Å². The van der Waals surface area contributed by atoms with Gasteiger partial charge in [0, 0.05) is 19.1 Å². The van der Waals surface area contributed by atoms with Gasteiger partial charge in [-0.05, 0) is 12.0 Å². The van der Waals surface area contributed by atoms with E-state index in [0.717, 1.165) is 17.0 Å². The second-order valence-corrected chi connectivity index (χ2v) is 5.99. The van der Waals surface area contributed by atoms with Crippen LogP contribution >= 0.6 is 0 Å². The Balaban J connectivity index is 1.99. The molecule has 0 aliphatic rings. The smallest absolute Gasteiger partial charge is 0.184 e. The molecule has 0 aliphatic carbocycles. The van der Waals surface area contributed by atoms with E-state index >= 15 is 0 Å². The summed E-state index contributed by atoms with van der Waals surface area (Å²) in [5.41, 5.74) is 2.53. The first-order valence-electron chi connectivity index (χ1n) is 8.19. The molecule has 24 heavy (non-hydrogen) atoms. The first-order chi connectivity index (χ1) is 11.7. The van der Waals surface area contributed by atoms with Gasteiger partial charge in [-0.3, -0.25) is 0 Å². The van der Waals surface area contributed by atoms with Gasteiger partial charge in [-0.25, -0.2) is 14.6 Å². The van der Waals surface area contributed by atoms with Gasteiger partial charge in [0.2, 0.25) is 0 Å². The molecule has 7 nitrogen and oxygen atoms in total. The monoisotopic (exact) mass is 326 g/mol. The number of fused-ring (bicyclic) bond motifs is 1. The minimum Gasteiger partial charge on any atom is -0.396 e. The highest BCUT2D eigenvalue weighted by Crippen LogP contribution is 2.21. The van der Waals surface area contributed by atoms with Crippen molar-refractivity contribution in [2.75, 3.05) is 18.5 Å². The van der Waals surface area contributed by atoms with Crippen LogP contribution in [-0.4, -0.2) is 43.2 Å². The van der Waals surface area contributed by atoms with Crippen LogP contribution in [0.25, 0.3) is 11.2 Å². The number of anilines is 1. The third kappa shape index (κ3) is 3.51. The summed E-state index contributed by atoms with van der Waals surface area (Å²) >= 11 is 0. The highest BCUT2D eigenvalue weighted by molar-refractivity contribution is 5.82. The molecule has 1 aromatic carbocycles. The van der Waals surface area contributed by atoms with Crippen LogP contribution < -0.4 is 5.32 Å². The molecule has 7 heteroatoms. The normalized spacial score (nSPS) is 11.3. The van der Waals surface area contributed by atoms with Gasteiger partial charge >= 0.3 is 0 Å². The van der Waals surface area contributed by atoms with Crippen LogP contribution in [0.2, 0.25) is 0 Å². The first-order valence-corrected chi connectivity index (χ1v) is 8.19. The van der Waals surface area contributed by atoms with Gasteiger partial charge in [-0.1, -0.05) is 49.4 Å². The van der Waals surface area contributed by atoms with Crippen molar-refractivity contribution in [2.24, 2.45) is 0 Å². The van der Waals surface area contributed by atoms with Crippen LogP contribution in [0.15, 0.2) is 30.3 Å². The van der Waals surface area contributed by atoms with E-state index in [1.54, 1.807) is 4.68 Å². The highest BCUT2D eigenvalue weighted by atomic mass is 16.3. The number of hydrogen-bond donors (Lipinski definition) is 2. The second-order valence-electron chi connectivity index (χ2n) is 5.99. The molecular formula is C17H22N6O. The molecule has 3 aromatic rings. The largest absolute Gasteiger partial charge is 0.396 e. The third-order valence-electron chi connectivity index (χ3n) is 3.70. The first kappa shape index (κ1) is 16.3.